The molecule has 0 radical (unpaired) electrons. The van der Waals surface area contributed by atoms with Crippen molar-refractivity contribution in [3.63, 3.8) is 0 Å². The highest BCUT2D eigenvalue weighted by Gasteiger charge is 2.43. The van der Waals surface area contributed by atoms with E-state index in [4.69, 9.17) is 18.9 Å². The first-order valence-corrected chi connectivity index (χ1v) is 19.2. The summed E-state index contributed by atoms with van der Waals surface area (Å²) >= 11 is 0. The summed E-state index contributed by atoms with van der Waals surface area (Å²) in [5.41, 5.74) is 1.56. The molecular formula is C43H59N5O8. The lowest BCUT2D eigenvalue weighted by molar-refractivity contribution is -0.126. The number of benzene rings is 3. The first kappa shape index (κ1) is 43.6. The van der Waals surface area contributed by atoms with Gasteiger partial charge in [0.1, 0.15) is 5.60 Å². The van der Waals surface area contributed by atoms with Crippen molar-refractivity contribution >= 4 is 23.8 Å². The van der Waals surface area contributed by atoms with Crippen LogP contribution in [-0.2, 0) is 32.2 Å². The summed E-state index contributed by atoms with van der Waals surface area (Å²) in [6.45, 7) is 11.3. The lowest BCUT2D eigenvalue weighted by atomic mass is 9.99. The van der Waals surface area contributed by atoms with Gasteiger partial charge in [-0.25, -0.2) is 4.79 Å². The lowest BCUT2D eigenvalue weighted by Gasteiger charge is -2.35. The van der Waals surface area contributed by atoms with Crippen LogP contribution in [-0.4, -0.2) is 116 Å². The van der Waals surface area contributed by atoms with E-state index in [1.54, 1.807) is 63.0 Å². The number of nitrogens with one attached hydrogen (secondary N) is 2. The van der Waals surface area contributed by atoms with Gasteiger partial charge in [0, 0.05) is 76.4 Å². The molecule has 0 saturated carbocycles. The number of methoxy groups -OCH3 is 2. The number of ether oxygens (including phenoxy) is 4. The third kappa shape index (κ3) is 13.6. The average Bonchev–Trinajstić information content (AvgIpc) is 3.61. The van der Waals surface area contributed by atoms with E-state index < -0.39 is 17.7 Å². The fraction of sp³-hybridized carbons (Fsp3) is 0.488. The van der Waals surface area contributed by atoms with Gasteiger partial charge in [0.25, 0.3) is 5.91 Å². The van der Waals surface area contributed by atoms with Crippen molar-refractivity contribution in [1.82, 2.24) is 25.3 Å². The van der Waals surface area contributed by atoms with Gasteiger partial charge in [-0.15, -0.1) is 0 Å². The first-order chi connectivity index (χ1) is 26.8. The highest BCUT2D eigenvalue weighted by molar-refractivity contribution is 5.95. The number of hydrogen-bond acceptors (Lipinski definition) is 9. The summed E-state index contributed by atoms with van der Waals surface area (Å²) in [6.07, 6.45) is 0.165. The predicted octanol–water partition coefficient (Wildman–Crippen LogP) is 5.13. The maximum absolute atomic E-state index is 14.3. The van der Waals surface area contributed by atoms with Crippen molar-refractivity contribution < 1.29 is 38.1 Å². The molecule has 13 nitrogen and oxygen atoms in total. The fourth-order valence-corrected chi connectivity index (χ4v) is 6.54. The maximum Gasteiger partial charge on any atom is 0.410 e. The van der Waals surface area contributed by atoms with Crippen molar-refractivity contribution in [2.24, 2.45) is 5.92 Å². The molecule has 4 rings (SSSR count). The van der Waals surface area contributed by atoms with Gasteiger partial charge >= 0.3 is 6.09 Å². The number of rotatable bonds is 19. The minimum Gasteiger partial charge on any atom is -0.493 e. The molecule has 4 amide bonds. The van der Waals surface area contributed by atoms with Crippen molar-refractivity contribution in [2.45, 2.75) is 71.8 Å². The van der Waals surface area contributed by atoms with Crippen LogP contribution < -0.4 is 20.1 Å². The third-order valence-electron chi connectivity index (χ3n) is 9.36. The maximum atomic E-state index is 14.3. The molecule has 0 bridgehead atoms. The molecular weight excluding hydrogens is 714 g/mol. The van der Waals surface area contributed by atoms with Gasteiger partial charge in [0.15, 0.2) is 11.5 Å². The van der Waals surface area contributed by atoms with Crippen molar-refractivity contribution in [1.29, 1.82) is 0 Å². The number of nitrogens with zero attached hydrogens (tertiary/aromatic N) is 3. The van der Waals surface area contributed by atoms with Crippen molar-refractivity contribution in [3.05, 3.63) is 95.6 Å². The molecule has 0 spiro atoms. The van der Waals surface area contributed by atoms with E-state index in [1.807, 2.05) is 79.4 Å². The number of likely N-dealkylation sites (tertiary alicyclic amines) is 1. The molecule has 3 aromatic rings. The van der Waals surface area contributed by atoms with Gasteiger partial charge in [0.05, 0.1) is 26.8 Å². The molecule has 2 N–H and O–H groups in total. The molecule has 0 aliphatic carbocycles. The third-order valence-corrected chi connectivity index (χ3v) is 9.36. The van der Waals surface area contributed by atoms with E-state index in [0.717, 1.165) is 11.1 Å². The van der Waals surface area contributed by atoms with Gasteiger partial charge in [-0.1, -0.05) is 60.7 Å². The van der Waals surface area contributed by atoms with Gasteiger partial charge in [-0.05, 0) is 63.9 Å². The highest BCUT2D eigenvalue weighted by Crippen LogP contribution is 2.31. The van der Waals surface area contributed by atoms with E-state index in [9.17, 15) is 19.2 Å². The van der Waals surface area contributed by atoms with Crippen LogP contribution in [0.15, 0.2) is 78.9 Å². The molecule has 13 heteroatoms. The monoisotopic (exact) mass is 773 g/mol. The number of amides is 4. The van der Waals surface area contributed by atoms with E-state index in [1.165, 1.54) is 0 Å². The second-order valence-electron chi connectivity index (χ2n) is 15.3. The van der Waals surface area contributed by atoms with Crippen LogP contribution in [0.2, 0.25) is 0 Å². The van der Waals surface area contributed by atoms with Crippen molar-refractivity contribution in [2.75, 3.05) is 60.2 Å². The zero-order valence-corrected chi connectivity index (χ0v) is 33.9. The Kier molecular flexibility index (Phi) is 16.5. The lowest BCUT2D eigenvalue weighted by Crippen LogP contribution is -2.52. The average molecular weight is 774 g/mol. The molecule has 1 saturated heterocycles. The summed E-state index contributed by atoms with van der Waals surface area (Å²) in [5.74, 6) is -0.167. The molecule has 0 aromatic heterocycles. The van der Waals surface area contributed by atoms with Crippen LogP contribution in [0.5, 0.6) is 11.5 Å². The van der Waals surface area contributed by atoms with Gasteiger partial charge in [0.2, 0.25) is 11.8 Å². The minimum absolute atomic E-state index is 0.104. The van der Waals surface area contributed by atoms with Crippen LogP contribution in [0.1, 0.15) is 62.5 Å². The molecule has 1 aliphatic rings. The second-order valence-corrected chi connectivity index (χ2v) is 15.3. The van der Waals surface area contributed by atoms with Crippen molar-refractivity contribution in [3.8, 4) is 11.5 Å². The Balaban J connectivity index is 1.63. The molecule has 1 fully saturated rings. The van der Waals surface area contributed by atoms with Gasteiger partial charge in [-0.3, -0.25) is 19.3 Å². The highest BCUT2D eigenvalue weighted by atomic mass is 16.6. The standard InChI is InChI=1S/C43H59N5O8/c1-31(2)48(41(51)34-19-20-37(54-7)38(23-34)55-22-14-21-53-6)27-35-26-47(42(52)56-43(3,4)5)28-36(35)46(29-39(49)44-24-32-15-10-8-11-16-32)30-40(50)45-25-33-17-12-9-13-18-33/h8-13,15-20,23,31,35-36H,14,21-22,24-30H2,1-7H3,(H,44,49)(H,45,50)/t35-,36-/m1/s1. The first-order valence-electron chi connectivity index (χ1n) is 19.2. The van der Waals surface area contributed by atoms with Crippen LogP contribution in [0.25, 0.3) is 0 Å². The second kappa shape index (κ2) is 21.2. The normalized spacial score (nSPS) is 15.4. The van der Waals surface area contributed by atoms with E-state index in [-0.39, 0.29) is 62.4 Å². The number of carbonyl (C=O) groups is 4. The zero-order chi connectivity index (χ0) is 40.7. The topological polar surface area (TPSA) is 139 Å². The largest absolute Gasteiger partial charge is 0.493 e. The summed E-state index contributed by atoms with van der Waals surface area (Å²) in [7, 11) is 3.17. The fourth-order valence-electron chi connectivity index (χ4n) is 6.54. The Morgan fingerprint density at radius 2 is 1.39 bits per heavy atom. The minimum atomic E-state index is -0.739. The summed E-state index contributed by atoms with van der Waals surface area (Å²) in [4.78, 5) is 60.3. The Morgan fingerprint density at radius 3 is 1.91 bits per heavy atom. The smallest absolute Gasteiger partial charge is 0.410 e. The molecule has 2 atom stereocenters. The molecule has 1 aliphatic heterocycles. The van der Waals surface area contributed by atoms with Crippen LogP contribution in [0.4, 0.5) is 4.79 Å². The quantitative estimate of drug-likeness (QED) is 0.159. The number of carbonyl (C=O) groups excluding carboxylic acids is 4. The number of hydrogen-bond donors (Lipinski definition) is 2. The van der Waals surface area contributed by atoms with Crippen LogP contribution >= 0.6 is 0 Å². The molecule has 1 heterocycles. The van der Waals surface area contributed by atoms with Gasteiger partial charge < -0.3 is 39.4 Å². The molecule has 3 aromatic carbocycles. The van der Waals surface area contributed by atoms with Gasteiger partial charge in [-0.2, -0.15) is 0 Å². The molecule has 0 unspecified atom stereocenters. The summed E-state index contributed by atoms with van der Waals surface area (Å²) < 4.78 is 22.4. The van der Waals surface area contributed by atoms with E-state index in [2.05, 4.69) is 10.6 Å². The molecule has 304 valence electrons. The van der Waals surface area contributed by atoms with Crippen LogP contribution in [0.3, 0.4) is 0 Å². The summed E-state index contributed by atoms with van der Waals surface area (Å²) in [6, 6.07) is 23.6. The Hall–Kier alpha value is -5.14. The Morgan fingerprint density at radius 1 is 0.804 bits per heavy atom. The molecule has 56 heavy (non-hydrogen) atoms. The summed E-state index contributed by atoms with van der Waals surface area (Å²) in [5, 5.41) is 5.98. The zero-order valence-electron chi connectivity index (χ0n) is 33.9. The van der Waals surface area contributed by atoms with E-state index >= 15 is 0 Å². The Bertz CT molecular complexity index is 1660. The predicted molar refractivity (Wildman–Crippen MR) is 214 cm³/mol. The SMILES string of the molecule is COCCCOc1cc(C(=O)N(C[C@H]2CN(C(=O)OC(C)(C)C)C[C@H]2N(CC(=O)NCc2ccccc2)CC(=O)NCc2ccccc2)C(C)C)ccc1OC. The van der Waals surface area contributed by atoms with E-state index in [0.29, 0.717) is 49.8 Å². The Labute approximate surface area is 331 Å². The van der Waals surface area contributed by atoms with Crippen LogP contribution in [0, 0.1) is 5.92 Å².